The molecule has 2 atom stereocenters. The molecule has 1 fully saturated rings. The summed E-state index contributed by atoms with van der Waals surface area (Å²) in [6.07, 6.45) is 6.23. The average molecular weight is 178 g/mol. The van der Waals surface area contributed by atoms with E-state index in [0.717, 1.165) is 25.7 Å². The molecule has 0 unspecified atom stereocenters. The van der Waals surface area contributed by atoms with Crippen molar-refractivity contribution in [2.75, 3.05) is 0 Å². The summed E-state index contributed by atoms with van der Waals surface area (Å²) >= 11 is 0. The highest BCUT2D eigenvalue weighted by Gasteiger charge is 2.54. The van der Waals surface area contributed by atoms with Gasteiger partial charge in [-0.25, -0.2) is 0 Å². The summed E-state index contributed by atoms with van der Waals surface area (Å²) in [7, 11) is 0. The van der Waals surface area contributed by atoms with E-state index in [1.807, 2.05) is 0 Å². The van der Waals surface area contributed by atoms with Crippen molar-refractivity contribution in [3.8, 4) is 0 Å². The molecule has 1 nitrogen and oxygen atoms in total. The van der Waals surface area contributed by atoms with Crippen molar-refractivity contribution in [3.05, 3.63) is 11.6 Å². The fraction of sp³-hybridized carbons (Fsp3) is 0.750. The van der Waals surface area contributed by atoms with Crippen molar-refractivity contribution in [1.82, 2.24) is 0 Å². The van der Waals surface area contributed by atoms with E-state index < -0.39 is 0 Å². The van der Waals surface area contributed by atoms with Crippen molar-refractivity contribution < 1.29 is 4.79 Å². The van der Waals surface area contributed by atoms with E-state index in [2.05, 4.69) is 26.8 Å². The van der Waals surface area contributed by atoms with Gasteiger partial charge < -0.3 is 0 Å². The third-order valence-electron chi connectivity index (χ3n) is 4.38. The normalized spacial score (nSPS) is 44.5. The largest absolute Gasteiger partial charge is 0.299 e. The summed E-state index contributed by atoms with van der Waals surface area (Å²) in [4.78, 5) is 11.8. The minimum atomic E-state index is -0.0491. The van der Waals surface area contributed by atoms with E-state index in [-0.39, 0.29) is 10.8 Å². The summed E-state index contributed by atoms with van der Waals surface area (Å²) in [5.74, 6) is 0.485. The topological polar surface area (TPSA) is 17.1 Å². The molecule has 0 spiro atoms. The number of hydrogen-bond donors (Lipinski definition) is 0. The second-order valence-corrected chi connectivity index (χ2v) is 5.25. The van der Waals surface area contributed by atoms with Crippen LogP contribution in [0.4, 0.5) is 0 Å². The highest BCUT2D eigenvalue weighted by molar-refractivity contribution is 5.88. The summed E-state index contributed by atoms with van der Waals surface area (Å²) < 4.78 is 0. The van der Waals surface area contributed by atoms with Gasteiger partial charge in [0, 0.05) is 11.8 Å². The smallest absolute Gasteiger partial charge is 0.139 e. The Morgan fingerprint density at radius 1 is 1.38 bits per heavy atom. The molecule has 2 aliphatic carbocycles. The zero-order valence-corrected chi connectivity index (χ0v) is 8.81. The van der Waals surface area contributed by atoms with Gasteiger partial charge in [-0.05, 0) is 31.6 Å². The summed E-state index contributed by atoms with van der Waals surface area (Å²) in [5.41, 5.74) is 1.67. The van der Waals surface area contributed by atoms with Crippen molar-refractivity contribution >= 4 is 5.78 Å². The van der Waals surface area contributed by atoms with E-state index in [9.17, 15) is 4.79 Å². The first-order chi connectivity index (χ1) is 5.98. The van der Waals surface area contributed by atoms with Gasteiger partial charge in [0.2, 0.25) is 0 Å². The molecular weight excluding hydrogens is 160 g/mol. The van der Waals surface area contributed by atoms with Crippen LogP contribution in [0.5, 0.6) is 0 Å². The van der Waals surface area contributed by atoms with Gasteiger partial charge in [0.25, 0.3) is 0 Å². The lowest BCUT2D eigenvalue weighted by Crippen LogP contribution is -2.39. The van der Waals surface area contributed by atoms with Gasteiger partial charge in [0.15, 0.2) is 0 Å². The van der Waals surface area contributed by atoms with Gasteiger partial charge in [0.1, 0.15) is 5.78 Å². The number of carbonyl (C=O) groups is 1. The monoisotopic (exact) mass is 178 g/mol. The minimum Gasteiger partial charge on any atom is -0.299 e. The molecule has 1 heteroatoms. The molecule has 0 amide bonds. The number of fused-ring (bicyclic) bond motifs is 1. The SMILES string of the molecule is CC1=CC[C@@]2(C)C(=O)CC[C@@]2(C)C1. The van der Waals surface area contributed by atoms with Crippen LogP contribution in [0, 0.1) is 10.8 Å². The van der Waals surface area contributed by atoms with Gasteiger partial charge in [-0.2, -0.15) is 0 Å². The molecule has 2 aliphatic rings. The molecule has 0 aromatic rings. The van der Waals surface area contributed by atoms with Crippen LogP contribution in [-0.2, 0) is 4.79 Å². The number of hydrogen-bond acceptors (Lipinski definition) is 1. The molecule has 72 valence electrons. The molecule has 0 N–H and O–H groups in total. The zero-order chi connectivity index (χ0) is 9.69. The molecule has 2 rings (SSSR count). The predicted molar refractivity (Wildman–Crippen MR) is 53.4 cm³/mol. The van der Waals surface area contributed by atoms with Crippen molar-refractivity contribution in [2.24, 2.45) is 10.8 Å². The third kappa shape index (κ3) is 1.02. The number of allylic oxidation sites excluding steroid dienone is 2. The molecule has 0 heterocycles. The molecule has 0 bridgehead atoms. The number of Topliss-reactive ketones (excluding diaryl/α,β-unsaturated/α-hetero) is 1. The van der Waals surface area contributed by atoms with Gasteiger partial charge in [-0.3, -0.25) is 4.79 Å². The first kappa shape index (κ1) is 8.98. The second-order valence-electron chi connectivity index (χ2n) is 5.25. The van der Waals surface area contributed by atoms with Crippen molar-refractivity contribution in [1.29, 1.82) is 0 Å². The quantitative estimate of drug-likeness (QED) is 0.521. The van der Waals surface area contributed by atoms with Crippen LogP contribution >= 0.6 is 0 Å². The Morgan fingerprint density at radius 2 is 2.08 bits per heavy atom. The molecule has 13 heavy (non-hydrogen) atoms. The van der Waals surface area contributed by atoms with E-state index in [0.29, 0.717) is 5.78 Å². The van der Waals surface area contributed by atoms with Crippen LogP contribution in [-0.4, -0.2) is 5.78 Å². The molecule has 0 saturated heterocycles. The maximum absolute atomic E-state index is 11.8. The zero-order valence-electron chi connectivity index (χ0n) is 8.81. The van der Waals surface area contributed by atoms with Crippen LogP contribution in [0.3, 0.4) is 0 Å². The Balaban J connectivity index is 2.42. The second kappa shape index (κ2) is 2.46. The fourth-order valence-corrected chi connectivity index (χ4v) is 2.99. The Morgan fingerprint density at radius 3 is 2.77 bits per heavy atom. The van der Waals surface area contributed by atoms with E-state index >= 15 is 0 Å². The average Bonchev–Trinajstić information content (AvgIpc) is 2.28. The fourth-order valence-electron chi connectivity index (χ4n) is 2.99. The highest BCUT2D eigenvalue weighted by Crippen LogP contribution is 2.58. The van der Waals surface area contributed by atoms with E-state index in [1.54, 1.807) is 0 Å². The minimum absolute atomic E-state index is 0.0491. The lowest BCUT2D eigenvalue weighted by Gasteiger charge is -2.43. The van der Waals surface area contributed by atoms with Gasteiger partial charge >= 0.3 is 0 Å². The van der Waals surface area contributed by atoms with E-state index in [1.165, 1.54) is 5.57 Å². The summed E-state index contributed by atoms with van der Waals surface area (Å²) in [6.45, 7) is 6.63. The number of rotatable bonds is 0. The Hall–Kier alpha value is -0.590. The Bertz CT molecular complexity index is 289. The predicted octanol–water partition coefficient (Wildman–Crippen LogP) is 3.10. The molecule has 0 aliphatic heterocycles. The van der Waals surface area contributed by atoms with Crippen LogP contribution in [0.25, 0.3) is 0 Å². The standard InChI is InChI=1S/C12H18O/c1-9-4-7-12(3)10(13)5-6-11(12,2)8-9/h4H,5-8H2,1-3H3/t11-,12-/m0/s1. The Kier molecular flexibility index (Phi) is 1.70. The maximum Gasteiger partial charge on any atom is 0.139 e. The number of carbonyl (C=O) groups excluding carboxylic acids is 1. The highest BCUT2D eigenvalue weighted by atomic mass is 16.1. The van der Waals surface area contributed by atoms with Crippen LogP contribution < -0.4 is 0 Å². The number of ketones is 1. The van der Waals surface area contributed by atoms with Gasteiger partial charge in [-0.15, -0.1) is 0 Å². The molecule has 0 radical (unpaired) electrons. The molecule has 0 aromatic heterocycles. The van der Waals surface area contributed by atoms with Crippen LogP contribution in [0.2, 0.25) is 0 Å². The first-order valence-corrected chi connectivity index (χ1v) is 5.17. The van der Waals surface area contributed by atoms with Crippen molar-refractivity contribution in [2.45, 2.75) is 46.5 Å². The molecule has 1 saturated carbocycles. The Labute approximate surface area is 80.2 Å². The van der Waals surface area contributed by atoms with Crippen LogP contribution in [0.1, 0.15) is 46.5 Å². The van der Waals surface area contributed by atoms with Gasteiger partial charge in [0.05, 0.1) is 0 Å². The first-order valence-electron chi connectivity index (χ1n) is 5.17. The third-order valence-corrected chi connectivity index (χ3v) is 4.38. The maximum atomic E-state index is 11.8. The molecular formula is C12H18O. The lowest BCUT2D eigenvalue weighted by atomic mass is 9.60. The lowest BCUT2D eigenvalue weighted by molar-refractivity contribution is -0.128. The summed E-state index contributed by atoms with van der Waals surface area (Å²) in [5, 5.41) is 0. The van der Waals surface area contributed by atoms with Gasteiger partial charge in [-0.1, -0.05) is 25.5 Å². The summed E-state index contributed by atoms with van der Waals surface area (Å²) in [6, 6.07) is 0. The molecule has 0 aromatic carbocycles. The van der Waals surface area contributed by atoms with Crippen molar-refractivity contribution in [3.63, 3.8) is 0 Å². The van der Waals surface area contributed by atoms with Crippen LogP contribution in [0.15, 0.2) is 11.6 Å². The van der Waals surface area contributed by atoms with E-state index in [4.69, 9.17) is 0 Å².